The molecule has 2 fully saturated rings. The summed E-state index contributed by atoms with van der Waals surface area (Å²) in [7, 11) is -2.22. The summed E-state index contributed by atoms with van der Waals surface area (Å²) in [6.07, 6.45) is 6.53. The minimum Gasteiger partial charge on any atom is -0.496 e. The summed E-state index contributed by atoms with van der Waals surface area (Å²) in [4.78, 5) is 14.7. The number of piperidine rings is 1. The molecule has 8 nitrogen and oxygen atoms in total. The Morgan fingerprint density at radius 1 is 1.12 bits per heavy atom. The van der Waals surface area contributed by atoms with Crippen LogP contribution in [-0.2, 0) is 14.8 Å². The number of carbonyl (C=O) groups excluding carboxylic acids is 1. The largest absolute Gasteiger partial charge is 0.496 e. The average Bonchev–Trinajstić information content (AvgIpc) is 3.47. The van der Waals surface area contributed by atoms with Crippen LogP contribution < -0.4 is 4.74 Å². The lowest BCUT2D eigenvalue weighted by atomic mass is 9.97. The number of hydrogen-bond donors (Lipinski definition) is 0. The van der Waals surface area contributed by atoms with Crippen molar-refractivity contribution in [3.05, 3.63) is 41.3 Å². The maximum Gasteiger partial charge on any atom is 0.248 e. The number of aryl methyl sites for hydroxylation is 1. The predicted molar refractivity (Wildman–Crippen MR) is 120 cm³/mol. The van der Waals surface area contributed by atoms with Gasteiger partial charge in [-0.25, -0.2) is 8.42 Å². The molecule has 0 spiro atoms. The van der Waals surface area contributed by atoms with Gasteiger partial charge in [0.1, 0.15) is 11.4 Å². The molecule has 1 amide bonds. The van der Waals surface area contributed by atoms with Gasteiger partial charge in [-0.05, 0) is 50.8 Å². The highest BCUT2D eigenvalue weighted by Gasteiger charge is 2.37. The molecule has 2 saturated heterocycles. The van der Waals surface area contributed by atoms with Gasteiger partial charge in [-0.2, -0.15) is 4.31 Å². The van der Waals surface area contributed by atoms with Gasteiger partial charge in [0.05, 0.1) is 7.11 Å². The van der Waals surface area contributed by atoms with Gasteiger partial charge in [0.2, 0.25) is 15.9 Å². The number of aromatic nitrogens is 1. The van der Waals surface area contributed by atoms with E-state index in [0.717, 1.165) is 31.5 Å². The standard InChI is InChI=1S/C23H29N3O5S/c1-17-22(21(31-24-17)10-9-18-7-3-4-8-20(18)30-2)32(28,29)26-15-11-19(12-16-26)23(27)25-13-5-6-14-25/h3-4,7-10,19H,5-6,11-16H2,1-2H3. The van der Waals surface area contributed by atoms with Gasteiger partial charge in [-0.1, -0.05) is 23.4 Å². The summed E-state index contributed by atoms with van der Waals surface area (Å²) < 4.78 is 39.0. The van der Waals surface area contributed by atoms with Gasteiger partial charge < -0.3 is 14.2 Å². The second kappa shape index (κ2) is 9.46. The van der Waals surface area contributed by atoms with Crippen molar-refractivity contribution in [1.82, 2.24) is 14.4 Å². The number of benzene rings is 1. The molecule has 0 unspecified atom stereocenters. The lowest BCUT2D eigenvalue weighted by Crippen LogP contribution is -2.43. The van der Waals surface area contributed by atoms with Crippen molar-refractivity contribution >= 4 is 28.1 Å². The first-order valence-electron chi connectivity index (χ1n) is 11.0. The third-order valence-electron chi connectivity index (χ3n) is 6.21. The Bertz CT molecular complexity index is 1090. The van der Waals surface area contributed by atoms with E-state index >= 15 is 0 Å². The zero-order chi connectivity index (χ0) is 22.7. The number of ether oxygens (including phenoxy) is 1. The number of sulfonamides is 1. The first-order chi connectivity index (χ1) is 15.4. The summed E-state index contributed by atoms with van der Waals surface area (Å²) in [5.41, 5.74) is 1.12. The van der Waals surface area contributed by atoms with E-state index < -0.39 is 10.0 Å². The summed E-state index contributed by atoms with van der Waals surface area (Å²) in [6, 6.07) is 7.44. The fourth-order valence-corrected chi connectivity index (χ4v) is 6.16. The van der Waals surface area contributed by atoms with Gasteiger partial charge >= 0.3 is 0 Å². The van der Waals surface area contributed by atoms with Gasteiger partial charge in [-0.15, -0.1) is 0 Å². The Morgan fingerprint density at radius 3 is 2.50 bits per heavy atom. The van der Waals surface area contributed by atoms with Crippen LogP contribution in [0, 0.1) is 12.8 Å². The van der Waals surface area contributed by atoms with E-state index in [-0.39, 0.29) is 22.5 Å². The first kappa shape index (κ1) is 22.5. The van der Waals surface area contributed by atoms with Gasteiger partial charge in [0.15, 0.2) is 10.7 Å². The Hall–Kier alpha value is -2.65. The second-order valence-corrected chi connectivity index (χ2v) is 10.1. The first-order valence-corrected chi connectivity index (χ1v) is 12.4. The molecule has 2 aliphatic heterocycles. The molecule has 0 saturated carbocycles. The SMILES string of the molecule is COc1ccccc1C=Cc1onc(C)c1S(=O)(=O)N1CCC(C(=O)N2CCCC2)CC1. The molecule has 0 N–H and O–H groups in total. The fraction of sp³-hybridized carbons (Fsp3) is 0.478. The average molecular weight is 460 g/mol. The Balaban J connectivity index is 1.50. The van der Waals surface area contributed by atoms with E-state index in [9.17, 15) is 13.2 Å². The Morgan fingerprint density at radius 2 is 1.81 bits per heavy atom. The molecule has 0 radical (unpaired) electrons. The normalized spacial score (nSPS) is 18.5. The van der Waals surface area contributed by atoms with Gasteiger partial charge in [-0.3, -0.25) is 4.79 Å². The van der Waals surface area contributed by atoms with Crippen LogP contribution >= 0.6 is 0 Å². The third-order valence-corrected chi connectivity index (χ3v) is 8.26. The molecule has 4 rings (SSSR count). The Kier molecular flexibility index (Phi) is 6.66. The predicted octanol–water partition coefficient (Wildman–Crippen LogP) is 3.19. The second-order valence-electron chi connectivity index (χ2n) is 8.25. The van der Waals surface area contributed by atoms with E-state index in [2.05, 4.69) is 5.16 Å². The molecular weight excluding hydrogens is 430 g/mol. The zero-order valence-electron chi connectivity index (χ0n) is 18.5. The number of likely N-dealkylation sites (tertiary alicyclic amines) is 1. The molecule has 1 aromatic heterocycles. The molecule has 2 aliphatic rings. The monoisotopic (exact) mass is 459 g/mol. The highest BCUT2D eigenvalue weighted by Crippen LogP contribution is 2.30. The molecule has 172 valence electrons. The Labute approximate surface area is 188 Å². The number of para-hydroxylation sites is 1. The molecule has 32 heavy (non-hydrogen) atoms. The molecule has 9 heteroatoms. The van der Waals surface area contributed by atoms with Crippen LogP contribution in [0.5, 0.6) is 5.75 Å². The number of methoxy groups -OCH3 is 1. The lowest BCUT2D eigenvalue weighted by molar-refractivity contribution is -0.135. The van der Waals surface area contributed by atoms with Crippen molar-refractivity contribution < 1.29 is 22.5 Å². The van der Waals surface area contributed by atoms with Crippen molar-refractivity contribution in [3.8, 4) is 5.75 Å². The number of hydrogen-bond acceptors (Lipinski definition) is 6. The molecule has 3 heterocycles. The molecule has 1 aromatic carbocycles. The summed E-state index contributed by atoms with van der Waals surface area (Å²) >= 11 is 0. The third kappa shape index (κ3) is 4.45. The fourth-order valence-electron chi connectivity index (χ4n) is 4.44. The van der Waals surface area contributed by atoms with Crippen LogP contribution in [0.25, 0.3) is 12.2 Å². The van der Waals surface area contributed by atoms with Crippen LogP contribution in [0.1, 0.15) is 42.7 Å². The van der Waals surface area contributed by atoms with Crippen molar-refractivity contribution in [2.24, 2.45) is 5.92 Å². The molecular formula is C23H29N3O5S. The summed E-state index contributed by atoms with van der Waals surface area (Å²) in [6.45, 7) is 3.89. The van der Waals surface area contributed by atoms with E-state index in [1.165, 1.54) is 4.31 Å². The van der Waals surface area contributed by atoms with Gasteiger partial charge in [0, 0.05) is 37.7 Å². The highest BCUT2D eigenvalue weighted by atomic mass is 32.2. The molecule has 0 bridgehead atoms. The molecule has 0 aliphatic carbocycles. The van der Waals surface area contributed by atoms with Crippen LogP contribution in [0.15, 0.2) is 33.7 Å². The van der Waals surface area contributed by atoms with Crippen molar-refractivity contribution in [1.29, 1.82) is 0 Å². The minimum absolute atomic E-state index is 0.0768. The van der Waals surface area contributed by atoms with Crippen molar-refractivity contribution in [3.63, 3.8) is 0 Å². The van der Waals surface area contributed by atoms with Crippen LogP contribution in [-0.4, -0.2) is 62.0 Å². The van der Waals surface area contributed by atoms with E-state index in [1.54, 1.807) is 26.2 Å². The maximum absolute atomic E-state index is 13.4. The van der Waals surface area contributed by atoms with E-state index in [1.807, 2.05) is 29.2 Å². The molecule has 2 aromatic rings. The van der Waals surface area contributed by atoms with Crippen LogP contribution in [0.4, 0.5) is 0 Å². The summed E-state index contributed by atoms with van der Waals surface area (Å²) in [5.74, 6) is 0.923. The number of carbonyl (C=O) groups is 1. The van der Waals surface area contributed by atoms with Crippen LogP contribution in [0.3, 0.4) is 0 Å². The highest BCUT2D eigenvalue weighted by molar-refractivity contribution is 7.89. The number of amides is 1. The number of nitrogens with zero attached hydrogens (tertiary/aromatic N) is 3. The van der Waals surface area contributed by atoms with E-state index in [0.29, 0.717) is 37.4 Å². The maximum atomic E-state index is 13.4. The quantitative estimate of drug-likeness (QED) is 0.659. The summed E-state index contributed by atoms with van der Waals surface area (Å²) in [5, 5.41) is 3.90. The molecule has 0 atom stereocenters. The van der Waals surface area contributed by atoms with E-state index in [4.69, 9.17) is 9.26 Å². The van der Waals surface area contributed by atoms with Crippen molar-refractivity contribution in [2.45, 2.75) is 37.5 Å². The lowest BCUT2D eigenvalue weighted by Gasteiger charge is -2.32. The topological polar surface area (TPSA) is 93.0 Å². The van der Waals surface area contributed by atoms with Gasteiger partial charge in [0.25, 0.3) is 0 Å². The smallest absolute Gasteiger partial charge is 0.248 e. The number of rotatable bonds is 6. The van der Waals surface area contributed by atoms with Crippen LogP contribution in [0.2, 0.25) is 0 Å². The zero-order valence-corrected chi connectivity index (χ0v) is 19.3. The minimum atomic E-state index is -3.80. The van der Waals surface area contributed by atoms with Crippen molar-refractivity contribution in [2.75, 3.05) is 33.3 Å².